The summed E-state index contributed by atoms with van der Waals surface area (Å²) in [4.78, 5) is 0. The number of rotatable bonds is 6. The molecule has 0 saturated heterocycles. The summed E-state index contributed by atoms with van der Waals surface area (Å²) in [5.41, 5.74) is -0.720. The van der Waals surface area contributed by atoms with Crippen LogP contribution in [0.1, 0.15) is 53.9 Å². The number of aliphatic hydroxyl groups excluding tert-OH is 1. The Hall–Kier alpha value is -0.0800. The molecule has 2 atom stereocenters. The summed E-state index contributed by atoms with van der Waals surface area (Å²) in [6, 6.07) is 0. The van der Waals surface area contributed by atoms with Crippen LogP contribution in [0.4, 0.5) is 0 Å². The predicted molar refractivity (Wildman–Crippen MR) is 60.2 cm³/mol. The molecular weight excluding hydrogens is 176 g/mol. The van der Waals surface area contributed by atoms with Gasteiger partial charge in [0.25, 0.3) is 0 Å². The van der Waals surface area contributed by atoms with Gasteiger partial charge >= 0.3 is 0 Å². The molecular formula is C12H26O2. The van der Waals surface area contributed by atoms with E-state index in [1.54, 1.807) is 0 Å². The summed E-state index contributed by atoms with van der Waals surface area (Å²) in [5.74, 6) is 0.955. The SMILES string of the molecule is CC(C)C[C@@H](O)C[C@](C)(O)CC(C)C. The zero-order chi connectivity index (χ0) is 11.4. The van der Waals surface area contributed by atoms with Gasteiger partial charge in [0.15, 0.2) is 0 Å². The Morgan fingerprint density at radius 2 is 1.50 bits per heavy atom. The molecule has 0 amide bonds. The van der Waals surface area contributed by atoms with Crippen molar-refractivity contribution in [2.45, 2.75) is 65.6 Å². The van der Waals surface area contributed by atoms with Crippen molar-refractivity contribution in [3.8, 4) is 0 Å². The van der Waals surface area contributed by atoms with E-state index in [9.17, 15) is 10.2 Å². The first-order valence-electron chi connectivity index (χ1n) is 5.63. The second-order valence-electron chi connectivity index (χ2n) is 5.58. The Kier molecular flexibility index (Phi) is 5.68. The van der Waals surface area contributed by atoms with Gasteiger partial charge in [-0.25, -0.2) is 0 Å². The molecule has 0 aliphatic carbocycles. The first-order chi connectivity index (χ1) is 6.23. The van der Waals surface area contributed by atoms with Crippen LogP contribution in [0.25, 0.3) is 0 Å². The molecule has 0 aromatic rings. The standard InChI is InChI=1S/C12H26O2/c1-9(2)6-11(13)8-12(5,14)7-10(3)4/h9-11,13-14H,6-8H2,1-5H3/t11-,12-/m1/s1. The highest BCUT2D eigenvalue weighted by Crippen LogP contribution is 2.23. The lowest BCUT2D eigenvalue weighted by molar-refractivity contribution is -0.0158. The number of hydrogen-bond donors (Lipinski definition) is 2. The van der Waals surface area contributed by atoms with Gasteiger partial charge in [0.2, 0.25) is 0 Å². The molecule has 2 heteroatoms. The van der Waals surface area contributed by atoms with Crippen molar-refractivity contribution in [1.29, 1.82) is 0 Å². The van der Waals surface area contributed by atoms with Gasteiger partial charge in [-0.3, -0.25) is 0 Å². The van der Waals surface area contributed by atoms with Crippen molar-refractivity contribution in [2.24, 2.45) is 11.8 Å². The zero-order valence-corrected chi connectivity index (χ0v) is 10.2. The zero-order valence-electron chi connectivity index (χ0n) is 10.2. The lowest BCUT2D eigenvalue weighted by Crippen LogP contribution is -2.32. The quantitative estimate of drug-likeness (QED) is 0.695. The molecule has 0 heterocycles. The molecule has 0 radical (unpaired) electrons. The van der Waals surface area contributed by atoms with Crippen molar-refractivity contribution < 1.29 is 10.2 Å². The summed E-state index contributed by atoms with van der Waals surface area (Å²) in [7, 11) is 0. The highest BCUT2D eigenvalue weighted by atomic mass is 16.3. The Bertz CT molecular complexity index is 150. The molecule has 0 rings (SSSR count). The summed E-state index contributed by atoms with van der Waals surface area (Å²) < 4.78 is 0. The van der Waals surface area contributed by atoms with Gasteiger partial charge in [0.1, 0.15) is 0 Å². The number of aliphatic hydroxyl groups is 2. The molecule has 0 saturated carbocycles. The molecule has 0 fully saturated rings. The minimum atomic E-state index is -0.720. The molecule has 0 aliphatic heterocycles. The molecule has 0 unspecified atom stereocenters. The van der Waals surface area contributed by atoms with E-state index in [2.05, 4.69) is 27.7 Å². The van der Waals surface area contributed by atoms with E-state index in [1.165, 1.54) is 0 Å². The minimum Gasteiger partial charge on any atom is -0.393 e. The molecule has 0 spiro atoms. The fourth-order valence-corrected chi connectivity index (χ4v) is 2.10. The van der Waals surface area contributed by atoms with Crippen molar-refractivity contribution in [2.75, 3.05) is 0 Å². The van der Waals surface area contributed by atoms with Gasteiger partial charge in [-0.05, 0) is 31.6 Å². The Morgan fingerprint density at radius 3 is 1.86 bits per heavy atom. The van der Waals surface area contributed by atoms with Crippen molar-refractivity contribution in [1.82, 2.24) is 0 Å². The van der Waals surface area contributed by atoms with Crippen LogP contribution in [-0.2, 0) is 0 Å². The average molecular weight is 202 g/mol. The first-order valence-corrected chi connectivity index (χ1v) is 5.63. The Labute approximate surface area is 88.3 Å². The van der Waals surface area contributed by atoms with Gasteiger partial charge in [0.05, 0.1) is 11.7 Å². The Balaban J connectivity index is 3.94. The normalized spacial score (nSPS) is 18.6. The van der Waals surface area contributed by atoms with Gasteiger partial charge in [-0.15, -0.1) is 0 Å². The van der Waals surface area contributed by atoms with Crippen LogP contribution >= 0.6 is 0 Å². The van der Waals surface area contributed by atoms with Gasteiger partial charge in [0, 0.05) is 6.42 Å². The van der Waals surface area contributed by atoms with Crippen LogP contribution in [0.2, 0.25) is 0 Å². The van der Waals surface area contributed by atoms with Crippen LogP contribution in [0.5, 0.6) is 0 Å². The van der Waals surface area contributed by atoms with Crippen LogP contribution < -0.4 is 0 Å². The predicted octanol–water partition coefficient (Wildman–Crippen LogP) is 2.58. The van der Waals surface area contributed by atoms with Crippen LogP contribution in [-0.4, -0.2) is 21.9 Å². The molecule has 0 aromatic heterocycles. The van der Waals surface area contributed by atoms with Crippen LogP contribution in [0.15, 0.2) is 0 Å². The highest BCUT2D eigenvalue weighted by Gasteiger charge is 2.25. The topological polar surface area (TPSA) is 40.5 Å². The molecule has 2 nitrogen and oxygen atoms in total. The monoisotopic (exact) mass is 202 g/mol. The van der Waals surface area contributed by atoms with E-state index in [0.717, 1.165) is 12.8 Å². The van der Waals surface area contributed by atoms with Gasteiger partial charge in [-0.2, -0.15) is 0 Å². The molecule has 86 valence electrons. The lowest BCUT2D eigenvalue weighted by atomic mass is 9.87. The third-order valence-corrected chi connectivity index (χ3v) is 2.27. The molecule has 0 aliphatic rings. The summed E-state index contributed by atoms with van der Waals surface area (Å²) >= 11 is 0. The van der Waals surface area contributed by atoms with Crippen molar-refractivity contribution in [3.05, 3.63) is 0 Å². The fourth-order valence-electron chi connectivity index (χ4n) is 2.10. The van der Waals surface area contributed by atoms with Crippen molar-refractivity contribution in [3.63, 3.8) is 0 Å². The molecule has 2 N–H and O–H groups in total. The third-order valence-electron chi connectivity index (χ3n) is 2.27. The van der Waals surface area contributed by atoms with Crippen LogP contribution in [0, 0.1) is 11.8 Å². The summed E-state index contributed by atoms with van der Waals surface area (Å²) in [5, 5.41) is 19.7. The maximum atomic E-state index is 10.0. The van der Waals surface area contributed by atoms with E-state index in [1.807, 2.05) is 6.92 Å². The number of hydrogen-bond acceptors (Lipinski definition) is 2. The second-order valence-corrected chi connectivity index (χ2v) is 5.58. The van der Waals surface area contributed by atoms with Crippen LogP contribution in [0.3, 0.4) is 0 Å². The summed E-state index contributed by atoms with van der Waals surface area (Å²) in [6.07, 6.45) is 1.64. The molecule has 0 bridgehead atoms. The van der Waals surface area contributed by atoms with Crippen molar-refractivity contribution >= 4 is 0 Å². The van der Waals surface area contributed by atoms with E-state index in [4.69, 9.17) is 0 Å². The van der Waals surface area contributed by atoms with Gasteiger partial charge in [-0.1, -0.05) is 27.7 Å². The second kappa shape index (κ2) is 5.72. The minimum absolute atomic E-state index is 0.372. The lowest BCUT2D eigenvalue weighted by Gasteiger charge is -2.28. The Morgan fingerprint density at radius 1 is 1.00 bits per heavy atom. The smallest absolute Gasteiger partial charge is 0.0646 e. The molecule has 0 aromatic carbocycles. The maximum Gasteiger partial charge on any atom is 0.0646 e. The third kappa shape index (κ3) is 7.34. The fraction of sp³-hybridized carbons (Fsp3) is 1.00. The summed E-state index contributed by atoms with van der Waals surface area (Å²) in [6.45, 7) is 10.2. The highest BCUT2D eigenvalue weighted by molar-refractivity contribution is 4.78. The molecule has 14 heavy (non-hydrogen) atoms. The van der Waals surface area contributed by atoms with E-state index >= 15 is 0 Å². The van der Waals surface area contributed by atoms with Gasteiger partial charge < -0.3 is 10.2 Å². The van der Waals surface area contributed by atoms with E-state index in [-0.39, 0.29) is 6.10 Å². The average Bonchev–Trinajstić information content (AvgIpc) is 1.77. The van der Waals surface area contributed by atoms with E-state index in [0.29, 0.717) is 18.3 Å². The maximum absolute atomic E-state index is 10.0. The van der Waals surface area contributed by atoms with E-state index < -0.39 is 5.60 Å². The largest absolute Gasteiger partial charge is 0.393 e. The first kappa shape index (κ1) is 13.9.